The monoisotopic (exact) mass is 393 g/mol. The van der Waals surface area contributed by atoms with Crippen LogP contribution in [0.4, 0.5) is 0 Å². The number of rotatable bonds is 5. The summed E-state index contributed by atoms with van der Waals surface area (Å²) in [4.78, 5) is 22.8. The van der Waals surface area contributed by atoms with E-state index in [9.17, 15) is 4.79 Å². The number of aromatic nitrogens is 2. The molecular weight excluding hydrogens is 366 g/mol. The maximum Gasteiger partial charge on any atom is 0.254 e. The molecule has 152 valence electrons. The zero-order valence-corrected chi connectivity index (χ0v) is 17.4. The van der Waals surface area contributed by atoms with Gasteiger partial charge in [0, 0.05) is 12.1 Å². The van der Waals surface area contributed by atoms with E-state index >= 15 is 0 Å². The molecule has 0 spiro atoms. The first-order chi connectivity index (χ1) is 14.0. The van der Waals surface area contributed by atoms with Crippen LogP contribution in [0.25, 0.3) is 11.0 Å². The number of ether oxygens (including phenoxy) is 2. The Labute approximate surface area is 170 Å². The summed E-state index contributed by atoms with van der Waals surface area (Å²) in [5.41, 5.74) is 4.77. The summed E-state index contributed by atoms with van der Waals surface area (Å²) in [5, 5.41) is 0. The number of hydrogen-bond acceptors (Lipinski definition) is 4. The summed E-state index contributed by atoms with van der Waals surface area (Å²) in [7, 11) is 0. The van der Waals surface area contributed by atoms with E-state index in [0.29, 0.717) is 25.3 Å². The molecule has 2 aromatic carbocycles. The van der Waals surface area contributed by atoms with E-state index in [-0.39, 0.29) is 11.9 Å². The molecule has 0 fully saturated rings. The van der Waals surface area contributed by atoms with Crippen LogP contribution < -0.4 is 9.47 Å². The third kappa shape index (κ3) is 3.55. The lowest BCUT2D eigenvalue weighted by Crippen LogP contribution is -2.38. The molecule has 6 nitrogen and oxygen atoms in total. The first-order valence-electron chi connectivity index (χ1n) is 10.2. The summed E-state index contributed by atoms with van der Waals surface area (Å²) in [6, 6.07) is 9.72. The summed E-state index contributed by atoms with van der Waals surface area (Å²) in [5.74, 6) is 2.39. The Morgan fingerprint density at radius 3 is 2.62 bits per heavy atom. The van der Waals surface area contributed by atoms with Gasteiger partial charge in [0.1, 0.15) is 5.82 Å². The van der Waals surface area contributed by atoms with Gasteiger partial charge in [0.25, 0.3) is 5.91 Å². The molecule has 0 radical (unpaired) electrons. The molecule has 4 rings (SSSR count). The van der Waals surface area contributed by atoms with Crippen LogP contribution in [0.1, 0.15) is 54.1 Å². The van der Waals surface area contributed by atoms with E-state index in [4.69, 9.17) is 9.47 Å². The summed E-state index contributed by atoms with van der Waals surface area (Å²) in [6.07, 6.45) is 0.795. The smallest absolute Gasteiger partial charge is 0.254 e. The van der Waals surface area contributed by atoms with Crippen molar-refractivity contribution in [2.45, 2.75) is 40.2 Å². The summed E-state index contributed by atoms with van der Waals surface area (Å²) < 4.78 is 11.6. The van der Waals surface area contributed by atoms with E-state index < -0.39 is 0 Å². The van der Waals surface area contributed by atoms with E-state index in [1.54, 1.807) is 0 Å². The Hall–Kier alpha value is -3.02. The summed E-state index contributed by atoms with van der Waals surface area (Å²) >= 11 is 0. The molecule has 1 amide bonds. The van der Waals surface area contributed by atoms with E-state index in [2.05, 4.69) is 23.0 Å². The number of carbonyl (C=O) groups excluding carboxylic acids is 1. The maximum atomic E-state index is 13.3. The predicted molar refractivity (Wildman–Crippen MR) is 113 cm³/mol. The van der Waals surface area contributed by atoms with E-state index in [1.807, 2.05) is 49.9 Å². The molecule has 0 unspecified atom stereocenters. The number of H-pyrrole nitrogens is 1. The van der Waals surface area contributed by atoms with Crippen LogP contribution in [0.2, 0.25) is 0 Å². The van der Waals surface area contributed by atoms with Gasteiger partial charge < -0.3 is 19.4 Å². The van der Waals surface area contributed by atoms with Crippen LogP contribution in [0.3, 0.4) is 0 Å². The van der Waals surface area contributed by atoms with Crippen molar-refractivity contribution in [3.05, 3.63) is 52.8 Å². The topological polar surface area (TPSA) is 67.5 Å². The second-order valence-corrected chi connectivity index (χ2v) is 7.34. The third-order valence-electron chi connectivity index (χ3n) is 5.45. The highest BCUT2D eigenvalue weighted by molar-refractivity contribution is 5.97. The fourth-order valence-electron chi connectivity index (χ4n) is 4.08. The molecular formula is C23H27N3O3. The minimum Gasteiger partial charge on any atom is -0.490 e. The molecule has 0 bridgehead atoms. The molecule has 0 saturated heterocycles. The summed E-state index contributed by atoms with van der Waals surface area (Å²) in [6.45, 7) is 9.75. The number of benzene rings is 2. The van der Waals surface area contributed by atoms with Crippen molar-refractivity contribution in [1.82, 2.24) is 14.9 Å². The molecule has 0 saturated carbocycles. The SMILES string of the molecule is CCOc1cc2c(cc1OCC)[C@H](C)N(C(=O)c1ccc3nc(C)[nH]c3c1)CC2. The zero-order chi connectivity index (χ0) is 20.5. The fourth-order valence-corrected chi connectivity index (χ4v) is 4.08. The molecule has 1 aliphatic rings. The molecule has 29 heavy (non-hydrogen) atoms. The number of imidazole rings is 1. The number of carbonyl (C=O) groups is 1. The van der Waals surface area contributed by atoms with Crippen molar-refractivity contribution in [3.8, 4) is 11.5 Å². The highest BCUT2D eigenvalue weighted by Crippen LogP contribution is 2.38. The van der Waals surface area contributed by atoms with Gasteiger partial charge in [-0.05, 0) is 75.6 Å². The van der Waals surface area contributed by atoms with Gasteiger partial charge in [-0.3, -0.25) is 4.79 Å². The first kappa shape index (κ1) is 19.3. The Bertz CT molecular complexity index is 1060. The minimum absolute atomic E-state index is 0.0316. The third-order valence-corrected chi connectivity index (χ3v) is 5.45. The lowest BCUT2D eigenvalue weighted by atomic mass is 9.92. The first-order valence-corrected chi connectivity index (χ1v) is 10.2. The average molecular weight is 393 g/mol. The van der Waals surface area contributed by atoms with Crippen LogP contribution in [-0.4, -0.2) is 40.5 Å². The number of hydrogen-bond donors (Lipinski definition) is 1. The van der Waals surface area contributed by atoms with Gasteiger partial charge in [0.2, 0.25) is 0 Å². The molecule has 2 heterocycles. The molecule has 1 atom stereocenters. The Morgan fingerprint density at radius 1 is 1.17 bits per heavy atom. The highest BCUT2D eigenvalue weighted by atomic mass is 16.5. The van der Waals surface area contributed by atoms with Crippen LogP contribution in [0, 0.1) is 6.92 Å². The molecule has 3 aromatic rings. The standard InChI is InChI=1S/C23H27N3O3/c1-5-28-21-12-16-9-10-26(14(3)18(16)13-22(21)29-6-2)23(27)17-7-8-19-20(11-17)25-15(4)24-19/h7-8,11-14H,5-6,9-10H2,1-4H3,(H,24,25)/t14-/m0/s1. The zero-order valence-electron chi connectivity index (χ0n) is 17.4. The van der Waals surface area contributed by atoms with Gasteiger partial charge in [-0.2, -0.15) is 0 Å². The van der Waals surface area contributed by atoms with Crippen molar-refractivity contribution < 1.29 is 14.3 Å². The van der Waals surface area contributed by atoms with Crippen molar-refractivity contribution in [2.75, 3.05) is 19.8 Å². The van der Waals surface area contributed by atoms with Crippen molar-refractivity contribution >= 4 is 16.9 Å². The number of fused-ring (bicyclic) bond motifs is 2. The highest BCUT2D eigenvalue weighted by Gasteiger charge is 2.30. The second kappa shape index (κ2) is 7.78. The lowest BCUT2D eigenvalue weighted by molar-refractivity contribution is 0.0677. The Balaban J connectivity index is 1.65. The average Bonchev–Trinajstić information content (AvgIpc) is 3.08. The number of nitrogens with one attached hydrogen (secondary N) is 1. The molecule has 0 aliphatic carbocycles. The van der Waals surface area contributed by atoms with Crippen LogP contribution in [0.5, 0.6) is 11.5 Å². The van der Waals surface area contributed by atoms with Gasteiger partial charge in [-0.1, -0.05) is 0 Å². The molecule has 1 aromatic heterocycles. The predicted octanol–water partition coefficient (Wildman–Crippen LogP) is 4.43. The normalized spacial score (nSPS) is 16.0. The van der Waals surface area contributed by atoms with Gasteiger partial charge in [-0.15, -0.1) is 0 Å². The second-order valence-electron chi connectivity index (χ2n) is 7.34. The quantitative estimate of drug-likeness (QED) is 0.696. The maximum absolute atomic E-state index is 13.3. The van der Waals surface area contributed by atoms with Crippen LogP contribution in [0.15, 0.2) is 30.3 Å². The number of aryl methyl sites for hydroxylation is 1. The minimum atomic E-state index is -0.0414. The van der Waals surface area contributed by atoms with E-state index in [1.165, 1.54) is 5.56 Å². The molecule has 6 heteroatoms. The van der Waals surface area contributed by atoms with Crippen LogP contribution >= 0.6 is 0 Å². The van der Waals surface area contributed by atoms with Gasteiger partial charge in [-0.25, -0.2) is 4.98 Å². The number of aromatic amines is 1. The Morgan fingerprint density at radius 2 is 1.90 bits per heavy atom. The number of amides is 1. The van der Waals surface area contributed by atoms with Crippen molar-refractivity contribution in [1.29, 1.82) is 0 Å². The van der Waals surface area contributed by atoms with Gasteiger partial charge in [0.15, 0.2) is 11.5 Å². The number of nitrogens with zero attached hydrogens (tertiary/aromatic N) is 2. The van der Waals surface area contributed by atoms with E-state index in [0.717, 1.165) is 40.3 Å². The lowest BCUT2D eigenvalue weighted by Gasteiger charge is -2.36. The fraction of sp³-hybridized carbons (Fsp3) is 0.391. The van der Waals surface area contributed by atoms with Crippen LogP contribution in [-0.2, 0) is 6.42 Å². The Kier molecular flexibility index (Phi) is 5.18. The van der Waals surface area contributed by atoms with Crippen molar-refractivity contribution in [3.63, 3.8) is 0 Å². The molecule has 1 aliphatic heterocycles. The molecule has 1 N–H and O–H groups in total. The largest absolute Gasteiger partial charge is 0.490 e. The van der Waals surface area contributed by atoms with Gasteiger partial charge >= 0.3 is 0 Å². The van der Waals surface area contributed by atoms with Gasteiger partial charge in [0.05, 0.1) is 30.3 Å². The van der Waals surface area contributed by atoms with Crippen molar-refractivity contribution in [2.24, 2.45) is 0 Å².